The van der Waals surface area contributed by atoms with Crippen molar-refractivity contribution in [2.75, 3.05) is 12.1 Å². The Hall–Kier alpha value is -2.45. The van der Waals surface area contributed by atoms with Crippen molar-refractivity contribution in [1.82, 2.24) is 14.9 Å². The number of benzene rings is 2. The first-order chi connectivity index (χ1) is 12.2. The van der Waals surface area contributed by atoms with Crippen molar-refractivity contribution in [2.45, 2.75) is 6.92 Å². The second-order valence-corrected chi connectivity index (χ2v) is 6.36. The summed E-state index contributed by atoms with van der Waals surface area (Å²) in [6.45, 7) is 2.58. The number of halogens is 1. The maximum atomic E-state index is 5.46. The summed E-state index contributed by atoms with van der Waals surface area (Å²) >= 11 is 8.67. The lowest BCUT2D eigenvalue weighted by Gasteiger charge is -2.07. The number of hydrogen-bond acceptors (Lipinski definition) is 5. The molecule has 0 saturated heterocycles. The van der Waals surface area contributed by atoms with Gasteiger partial charge in [0.15, 0.2) is 5.82 Å². The Labute approximate surface area is 158 Å². The van der Waals surface area contributed by atoms with Crippen molar-refractivity contribution in [3.05, 3.63) is 63.3 Å². The molecule has 3 rings (SSSR count). The zero-order chi connectivity index (χ0) is 17.6. The van der Waals surface area contributed by atoms with E-state index >= 15 is 0 Å². The summed E-state index contributed by atoms with van der Waals surface area (Å²) in [4.78, 5) is 0. The number of rotatable bonds is 6. The van der Waals surface area contributed by atoms with Gasteiger partial charge >= 0.3 is 0 Å². The standard InChI is InChI=1S/C17H16BrN5OS/c1-2-24-15-9-5-13(6-10-15)16-20-21-17(25)23(16)22-19-11-12-3-7-14(18)8-4-12/h3-11,22H,2H2,1H3,(H,21,25)/b19-11+. The summed E-state index contributed by atoms with van der Waals surface area (Å²) in [7, 11) is 0. The topological polar surface area (TPSA) is 67.2 Å². The molecule has 3 aromatic rings. The molecular weight excluding hydrogens is 402 g/mol. The molecule has 25 heavy (non-hydrogen) atoms. The number of nitrogens with one attached hydrogen (secondary N) is 2. The van der Waals surface area contributed by atoms with E-state index in [9.17, 15) is 0 Å². The summed E-state index contributed by atoms with van der Waals surface area (Å²) < 4.78 is 8.52. The van der Waals surface area contributed by atoms with Gasteiger partial charge in [0.05, 0.1) is 12.8 Å². The number of aromatic amines is 1. The van der Waals surface area contributed by atoms with Gasteiger partial charge in [-0.25, -0.2) is 10.6 Å². The normalized spacial score (nSPS) is 11.0. The molecule has 0 aliphatic heterocycles. The van der Waals surface area contributed by atoms with Crippen LogP contribution in [0.4, 0.5) is 0 Å². The van der Waals surface area contributed by atoms with E-state index in [2.05, 4.69) is 36.8 Å². The van der Waals surface area contributed by atoms with Crippen LogP contribution in [0, 0.1) is 4.77 Å². The Morgan fingerprint density at radius 1 is 1.24 bits per heavy atom. The zero-order valence-electron chi connectivity index (χ0n) is 13.4. The Kier molecular flexibility index (Phi) is 5.62. The van der Waals surface area contributed by atoms with Crippen molar-refractivity contribution < 1.29 is 4.74 Å². The summed E-state index contributed by atoms with van der Waals surface area (Å²) in [6.07, 6.45) is 1.71. The number of H-pyrrole nitrogens is 1. The molecule has 0 fully saturated rings. The first-order valence-corrected chi connectivity index (χ1v) is 8.83. The summed E-state index contributed by atoms with van der Waals surface area (Å²) in [5.41, 5.74) is 4.77. The molecule has 0 spiro atoms. The van der Waals surface area contributed by atoms with Crippen molar-refractivity contribution in [3.8, 4) is 17.1 Å². The molecule has 0 radical (unpaired) electrons. The molecule has 2 N–H and O–H groups in total. The maximum absolute atomic E-state index is 5.46. The number of hydrogen-bond donors (Lipinski definition) is 2. The fraction of sp³-hybridized carbons (Fsp3) is 0.118. The minimum atomic E-state index is 0.428. The van der Waals surface area contributed by atoms with Crippen molar-refractivity contribution >= 4 is 34.4 Å². The van der Waals surface area contributed by atoms with Gasteiger partial charge in [-0.3, -0.25) is 0 Å². The van der Waals surface area contributed by atoms with E-state index in [1.165, 1.54) is 0 Å². The van der Waals surface area contributed by atoms with Gasteiger partial charge in [-0.05, 0) is 61.1 Å². The second-order valence-electron chi connectivity index (χ2n) is 5.05. The van der Waals surface area contributed by atoms with E-state index in [1.54, 1.807) is 10.9 Å². The third kappa shape index (κ3) is 4.34. The lowest BCUT2D eigenvalue weighted by Crippen LogP contribution is -2.10. The average Bonchev–Trinajstić information content (AvgIpc) is 2.99. The molecule has 0 aliphatic carbocycles. The van der Waals surface area contributed by atoms with Crippen LogP contribution in [0.3, 0.4) is 0 Å². The number of aromatic nitrogens is 3. The largest absolute Gasteiger partial charge is 0.494 e. The highest BCUT2D eigenvalue weighted by molar-refractivity contribution is 9.10. The fourth-order valence-electron chi connectivity index (χ4n) is 2.16. The second kappa shape index (κ2) is 8.09. The van der Waals surface area contributed by atoms with Crippen LogP contribution in [-0.2, 0) is 0 Å². The summed E-state index contributed by atoms with van der Waals surface area (Å²) in [6, 6.07) is 15.5. The fourth-order valence-corrected chi connectivity index (χ4v) is 2.60. The molecule has 2 aromatic carbocycles. The average molecular weight is 418 g/mol. The lowest BCUT2D eigenvalue weighted by molar-refractivity contribution is 0.340. The number of nitrogens with zero attached hydrogens (tertiary/aromatic N) is 3. The van der Waals surface area contributed by atoms with Crippen LogP contribution in [0.1, 0.15) is 12.5 Å². The van der Waals surface area contributed by atoms with Crippen LogP contribution < -0.4 is 10.3 Å². The third-order valence-corrected chi connectivity index (χ3v) is 4.14. The van der Waals surface area contributed by atoms with E-state index in [-0.39, 0.29) is 0 Å². The van der Waals surface area contributed by atoms with E-state index in [0.29, 0.717) is 17.2 Å². The van der Waals surface area contributed by atoms with Crippen LogP contribution in [0.5, 0.6) is 5.75 Å². The van der Waals surface area contributed by atoms with Crippen LogP contribution >= 0.6 is 28.1 Å². The van der Waals surface area contributed by atoms with Gasteiger partial charge in [-0.1, -0.05) is 28.1 Å². The van der Waals surface area contributed by atoms with E-state index < -0.39 is 0 Å². The molecule has 0 aliphatic rings. The van der Waals surface area contributed by atoms with Crippen LogP contribution in [-0.4, -0.2) is 27.7 Å². The molecule has 1 heterocycles. The van der Waals surface area contributed by atoms with Crippen LogP contribution in [0.25, 0.3) is 11.4 Å². The van der Waals surface area contributed by atoms with Gasteiger partial charge in [0, 0.05) is 10.0 Å². The Bertz CT molecular complexity index is 915. The summed E-state index contributed by atoms with van der Waals surface area (Å²) in [5.74, 6) is 1.45. The third-order valence-electron chi connectivity index (χ3n) is 3.34. The molecule has 8 heteroatoms. The molecule has 128 valence electrons. The van der Waals surface area contributed by atoms with E-state index in [0.717, 1.165) is 21.3 Å². The van der Waals surface area contributed by atoms with Gasteiger partial charge in [0.2, 0.25) is 4.77 Å². The highest BCUT2D eigenvalue weighted by atomic mass is 79.9. The molecule has 6 nitrogen and oxygen atoms in total. The highest BCUT2D eigenvalue weighted by Crippen LogP contribution is 2.20. The Balaban J connectivity index is 1.79. The predicted octanol–water partition coefficient (Wildman–Crippen LogP) is 4.35. The van der Waals surface area contributed by atoms with Crippen LogP contribution in [0.15, 0.2) is 58.1 Å². The Morgan fingerprint density at radius 2 is 1.96 bits per heavy atom. The summed E-state index contributed by atoms with van der Waals surface area (Å²) in [5, 5.41) is 11.3. The molecule has 0 amide bonds. The minimum Gasteiger partial charge on any atom is -0.494 e. The minimum absolute atomic E-state index is 0.428. The maximum Gasteiger partial charge on any atom is 0.216 e. The van der Waals surface area contributed by atoms with Crippen molar-refractivity contribution in [1.29, 1.82) is 0 Å². The highest BCUT2D eigenvalue weighted by Gasteiger charge is 2.08. The molecule has 1 aromatic heterocycles. The van der Waals surface area contributed by atoms with Gasteiger partial charge in [-0.2, -0.15) is 14.9 Å². The molecule has 0 saturated carbocycles. The van der Waals surface area contributed by atoms with E-state index in [4.69, 9.17) is 17.0 Å². The smallest absolute Gasteiger partial charge is 0.216 e. The van der Waals surface area contributed by atoms with Gasteiger partial charge < -0.3 is 4.74 Å². The van der Waals surface area contributed by atoms with Crippen LogP contribution in [0.2, 0.25) is 0 Å². The first-order valence-electron chi connectivity index (χ1n) is 7.62. The van der Waals surface area contributed by atoms with Gasteiger partial charge in [0.1, 0.15) is 5.75 Å². The van der Waals surface area contributed by atoms with Crippen molar-refractivity contribution in [3.63, 3.8) is 0 Å². The predicted molar refractivity (Wildman–Crippen MR) is 105 cm³/mol. The molecular formula is C17H16BrN5OS. The van der Waals surface area contributed by atoms with Gasteiger partial charge in [-0.15, -0.1) is 0 Å². The lowest BCUT2D eigenvalue weighted by atomic mass is 10.2. The quantitative estimate of drug-likeness (QED) is 0.355. The monoisotopic (exact) mass is 417 g/mol. The molecule has 0 unspecified atom stereocenters. The Morgan fingerprint density at radius 3 is 2.64 bits per heavy atom. The van der Waals surface area contributed by atoms with Gasteiger partial charge in [0.25, 0.3) is 0 Å². The SMILES string of the molecule is CCOc1ccc(-c2n[nH]c(=S)n2N/N=C/c2ccc(Br)cc2)cc1. The number of hydrazone groups is 1. The molecule has 0 bridgehead atoms. The number of ether oxygens (including phenoxy) is 1. The molecule has 0 atom stereocenters. The van der Waals surface area contributed by atoms with Crippen molar-refractivity contribution in [2.24, 2.45) is 5.10 Å². The first kappa shape index (κ1) is 17.4. The zero-order valence-corrected chi connectivity index (χ0v) is 15.8. The van der Waals surface area contributed by atoms with E-state index in [1.807, 2.05) is 55.5 Å².